The molecule has 0 aromatic carbocycles. The molecule has 0 bridgehead atoms. The van der Waals surface area contributed by atoms with Gasteiger partial charge in [-0.15, -0.1) is 0 Å². The van der Waals surface area contributed by atoms with Crippen molar-refractivity contribution >= 4 is 0 Å². The first kappa shape index (κ1) is 9.96. The molecule has 0 aromatic rings. The minimum atomic E-state index is 0.330. The summed E-state index contributed by atoms with van der Waals surface area (Å²) in [7, 11) is 0. The van der Waals surface area contributed by atoms with Crippen molar-refractivity contribution in [2.24, 2.45) is 17.8 Å². The Kier molecular flexibility index (Phi) is 4.71. The molecular weight excluding hydrogens is 124 g/mol. The highest BCUT2D eigenvalue weighted by Gasteiger charge is 2.17. The summed E-state index contributed by atoms with van der Waals surface area (Å²) in [5.41, 5.74) is 0. The number of hydrogen-bond acceptors (Lipinski definition) is 1. The lowest BCUT2D eigenvalue weighted by molar-refractivity contribution is 0.156. The molecule has 1 nitrogen and oxygen atoms in total. The van der Waals surface area contributed by atoms with Gasteiger partial charge in [-0.1, -0.05) is 34.1 Å². The van der Waals surface area contributed by atoms with E-state index >= 15 is 0 Å². The van der Waals surface area contributed by atoms with E-state index in [0.29, 0.717) is 24.4 Å². The van der Waals surface area contributed by atoms with Gasteiger partial charge in [0.2, 0.25) is 0 Å². The van der Waals surface area contributed by atoms with E-state index < -0.39 is 0 Å². The van der Waals surface area contributed by atoms with Gasteiger partial charge in [0.25, 0.3) is 0 Å². The maximum Gasteiger partial charge on any atom is 0.0459 e. The average molecular weight is 144 g/mol. The molecule has 0 aliphatic carbocycles. The zero-order valence-corrected chi connectivity index (χ0v) is 7.59. The van der Waals surface area contributed by atoms with Crippen LogP contribution in [0.15, 0.2) is 0 Å². The summed E-state index contributed by atoms with van der Waals surface area (Å²) in [5.74, 6) is 1.85. The Bertz CT molecular complexity index is 78.8. The summed E-state index contributed by atoms with van der Waals surface area (Å²) < 4.78 is 0. The van der Waals surface area contributed by atoms with Gasteiger partial charge in [-0.3, -0.25) is 0 Å². The first-order valence-corrected chi connectivity index (χ1v) is 4.24. The second kappa shape index (κ2) is 4.73. The first-order chi connectivity index (χ1) is 4.63. The van der Waals surface area contributed by atoms with Crippen LogP contribution >= 0.6 is 0 Å². The summed E-state index contributed by atoms with van der Waals surface area (Å²) in [6, 6.07) is 0. The lowest BCUT2D eigenvalue weighted by Gasteiger charge is -2.24. The first-order valence-electron chi connectivity index (χ1n) is 4.24. The Morgan fingerprint density at radius 3 is 1.80 bits per heavy atom. The molecule has 10 heavy (non-hydrogen) atoms. The summed E-state index contributed by atoms with van der Waals surface area (Å²) >= 11 is 0. The fourth-order valence-corrected chi connectivity index (χ4v) is 1.67. The zero-order valence-electron chi connectivity index (χ0n) is 7.59. The largest absolute Gasteiger partial charge is 0.396 e. The van der Waals surface area contributed by atoms with E-state index in [1.165, 1.54) is 6.42 Å². The van der Waals surface area contributed by atoms with E-state index in [9.17, 15) is 0 Å². The zero-order chi connectivity index (χ0) is 8.15. The lowest BCUT2D eigenvalue weighted by Crippen LogP contribution is -2.19. The van der Waals surface area contributed by atoms with Crippen LogP contribution in [0.3, 0.4) is 0 Å². The molecule has 0 heterocycles. The maximum atomic E-state index is 8.89. The van der Waals surface area contributed by atoms with E-state index in [4.69, 9.17) is 5.11 Å². The molecule has 0 rings (SSSR count). The molecule has 0 radical (unpaired) electrons. The fraction of sp³-hybridized carbons (Fsp3) is 1.00. The van der Waals surface area contributed by atoms with E-state index in [-0.39, 0.29) is 0 Å². The molecule has 0 amide bonds. The number of aliphatic hydroxyl groups is 1. The second-order valence-electron chi connectivity index (χ2n) is 3.48. The summed E-state index contributed by atoms with van der Waals surface area (Å²) in [5, 5.41) is 8.89. The molecule has 1 N–H and O–H groups in total. The highest BCUT2D eigenvalue weighted by Crippen LogP contribution is 2.23. The molecule has 0 saturated carbocycles. The maximum absolute atomic E-state index is 8.89. The fourth-order valence-electron chi connectivity index (χ4n) is 1.67. The molecule has 0 aliphatic heterocycles. The van der Waals surface area contributed by atoms with Crippen LogP contribution in [0.2, 0.25) is 0 Å². The third-order valence-corrected chi connectivity index (χ3v) is 2.35. The number of aliphatic hydroxyl groups excluding tert-OH is 1. The molecule has 2 unspecified atom stereocenters. The summed E-state index contributed by atoms with van der Waals surface area (Å²) in [6.07, 6.45) is 1.18. The standard InChI is InChI=1S/C9H20O/c1-5-9(7(2)3)8(4)6-10/h7-10H,5-6H2,1-4H3. The second-order valence-corrected chi connectivity index (χ2v) is 3.48. The van der Waals surface area contributed by atoms with Gasteiger partial charge in [0.1, 0.15) is 0 Å². The van der Waals surface area contributed by atoms with Crippen LogP contribution in [0.5, 0.6) is 0 Å². The van der Waals surface area contributed by atoms with Crippen LogP contribution < -0.4 is 0 Å². The highest BCUT2D eigenvalue weighted by molar-refractivity contribution is 4.66. The predicted molar refractivity (Wildman–Crippen MR) is 44.9 cm³/mol. The molecule has 0 aromatic heterocycles. The Hall–Kier alpha value is -0.0400. The smallest absolute Gasteiger partial charge is 0.0459 e. The Morgan fingerprint density at radius 1 is 1.20 bits per heavy atom. The Balaban J connectivity index is 3.80. The van der Waals surface area contributed by atoms with Crippen molar-refractivity contribution in [2.75, 3.05) is 6.61 Å². The molecular formula is C9H20O. The quantitative estimate of drug-likeness (QED) is 0.642. The van der Waals surface area contributed by atoms with Crippen LogP contribution in [0.1, 0.15) is 34.1 Å². The lowest BCUT2D eigenvalue weighted by atomic mass is 9.83. The molecule has 0 fully saturated rings. The SMILES string of the molecule is CCC(C(C)C)C(C)CO. The van der Waals surface area contributed by atoms with Gasteiger partial charge < -0.3 is 5.11 Å². The molecule has 2 atom stereocenters. The third-order valence-electron chi connectivity index (χ3n) is 2.35. The van der Waals surface area contributed by atoms with Gasteiger partial charge >= 0.3 is 0 Å². The van der Waals surface area contributed by atoms with Crippen molar-refractivity contribution in [2.45, 2.75) is 34.1 Å². The molecule has 1 heteroatoms. The minimum Gasteiger partial charge on any atom is -0.396 e. The normalized spacial score (nSPS) is 17.4. The summed E-state index contributed by atoms with van der Waals surface area (Å²) in [4.78, 5) is 0. The van der Waals surface area contributed by atoms with Crippen LogP contribution in [-0.2, 0) is 0 Å². The Morgan fingerprint density at radius 2 is 1.70 bits per heavy atom. The summed E-state index contributed by atoms with van der Waals surface area (Å²) in [6.45, 7) is 9.09. The van der Waals surface area contributed by atoms with Crippen LogP contribution in [-0.4, -0.2) is 11.7 Å². The molecule has 0 saturated heterocycles. The molecule has 0 spiro atoms. The van der Waals surface area contributed by atoms with Crippen molar-refractivity contribution in [3.8, 4) is 0 Å². The minimum absolute atomic E-state index is 0.330. The van der Waals surface area contributed by atoms with Gasteiger partial charge in [0.15, 0.2) is 0 Å². The van der Waals surface area contributed by atoms with Gasteiger partial charge in [-0.25, -0.2) is 0 Å². The monoisotopic (exact) mass is 144 g/mol. The average Bonchev–Trinajstić information content (AvgIpc) is 1.88. The van der Waals surface area contributed by atoms with Gasteiger partial charge in [0.05, 0.1) is 0 Å². The van der Waals surface area contributed by atoms with Crippen molar-refractivity contribution in [1.82, 2.24) is 0 Å². The molecule has 62 valence electrons. The third kappa shape index (κ3) is 2.70. The van der Waals surface area contributed by atoms with Crippen molar-refractivity contribution < 1.29 is 5.11 Å². The topological polar surface area (TPSA) is 20.2 Å². The van der Waals surface area contributed by atoms with Gasteiger partial charge in [-0.2, -0.15) is 0 Å². The van der Waals surface area contributed by atoms with E-state index in [0.717, 1.165) is 0 Å². The van der Waals surface area contributed by atoms with E-state index in [1.807, 2.05) is 0 Å². The number of rotatable bonds is 4. The van der Waals surface area contributed by atoms with Crippen LogP contribution in [0.4, 0.5) is 0 Å². The van der Waals surface area contributed by atoms with Crippen LogP contribution in [0.25, 0.3) is 0 Å². The predicted octanol–water partition coefficient (Wildman–Crippen LogP) is 2.30. The van der Waals surface area contributed by atoms with Crippen molar-refractivity contribution in [3.63, 3.8) is 0 Å². The van der Waals surface area contributed by atoms with E-state index in [1.54, 1.807) is 0 Å². The molecule has 0 aliphatic rings. The van der Waals surface area contributed by atoms with Gasteiger partial charge in [0, 0.05) is 6.61 Å². The van der Waals surface area contributed by atoms with Crippen molar-refractivity contribution in [1.29, 1.82) is 0 Å². The van der Waals surface area contributed by atoms with Gasteiger partial charge in [-0.05, 0) is 17.8 Å². The van der Waals surface area contributed by atoms with Crippen LogP contribution in [0, 0.1) is 17.8 Å². The van der Waals surface area contributed by atoms with E-state index in [2.05, 4.69) is 27.7 Å². The highest BCUT2D eigenvalue weighted by atomic mass is 16.3. The number of hydrogen-bond donors (Lipinski definition) is 1. The van der Waals surface area contributed by atoms with Crippen molar-refractivity contribution in [3.05, 3.63) is 0 Å². The Labute approximate surface area is 64.5 Å².